The van der Waals surface area contributed by atoms with Crippen LogP contribution in [0.4, 0.5) is 0 Å². The summed E-state index contributed by atoms with van der Waals surface area (Å²) in [6, 6.07) is 71.3. The van der Waals surface area contributed by atoms with Gasteiger partial charge in [0.2, 0.25) is 0 Å². The van der Waals surface area contributed by atoms with E-state index in [0.29, 0.717) is 17.5 Å². The van der Waals surface area contributed by atoms with Gasteiger partial charge in [0.15, 0.2) is 17.5 Å². The highest BCUT2D eigenvalue weighted by Gasteiger charge is 2.28. The SMILES string of the molecule is c1ccc(-c2nc(-c3ccc(-c4ccc5c(c4)Sc4cccc6c7c8ccccc8n(-c8ccccc8)c7n-5c46)cc3)nc(-c3cc4ccccc4c4ccccc34)n2)cc1. The fraction of sp³-hybridized carbons (Fsp3) is 0. The highest BCUT2D eigenvalue weighted by Crippen LogP contribution is 2.50. The summed E-state index contributed by atoms with van der Waals surface area (Å²) in [6.07, 6.45) is 0. The molecule has 0 fully saturated rings. The molecule has 5 nitrogen and oxygen atoms in total. The maximum atomic E-state index is 5.19. The molecule has 1 aliphatic rings. The van der Waals surface area contributed by atoms with Crippen LogP contribution in [0.5, 0.6) is 0 Å². The van der Waals surface area contributed by atoms with E-state index >= 15 is 0 Å². The molecule has 9 aromatic carbocycles. The number of rotatable bonds is 5. The Labute approximate surface area is 355 Å². The molecule has 6 heteroatoms. The smallest absolute Gasteiger partial charge is 0.164 e. The van der Waals surface area contributed by atoms with Crippen LogP contribution in [0.15, 0.2) is 210 Å². The second-order valence-electron chi connectivity index (χ2n) is 15.6. The topological polar surface area (TPSA) is 48.5 Å². The maximum absolute atomic E-state index is 5.19. The number of aromatic nitrogens is 5. The molecular formula is C55H33N5S. The Bertz CT molecular complexity index is 3720. The standard InChI is InChI=1S/C55H33N5S/c1-3-14-35(15-4-1)52-56-53(58-54(57-52)45-32-38-16-7-8-19-40(38)41-20-9-10-21-42(41)45)36-28-26-34(27-29-36)37-30-31-47-49(33-37)61-48-25-13-23-44-50-43-22-11-12-24-46(43)59(39-17-5-2-6-18-39)55(50)60(47)51(44)48/h1-33H. The van der Waals surface area contributed by atoms with Crippen LogP contribution >= 0.6 is 11.8 Å². The number of hydrogen-bond donors (Lipinski definition) is 0. The summed E-state index contributed by atoms with van der Waals surface area (Å²) in [5.41, 5.74) is 11.2. The molecule has 0 bridgehead atoms. The Kier molecular flexibility index (Phi) is 7.47. The van der Waals surface area contributed by atoms with E-state index in [4.69, 9.17) is 15.0 Å². The van der Waals surface area contributed by atoms with Gasteiger partial charge in [-0.3, -0.25) is 9.13 Å². The molecule has 0 saturated heterocycles. The monoisotopic (exact) mass is 795 g/mol. The molecule has 4 heterocycles. The number of fused-ring (bicyclic) bond motifs is 10. The Morgan fingerprint density at radius 2 is 0.984 bits per heavy atom. The van der Waals surface area contributed by atoms with Gasteiger partial charge in [0, 0.05) is 48.3 Å². The minimum atomic E-state index is 0.639. The molecular weight excluding hydrogens is 763 g/mol. The number of benzene rings is 9. The highest BCUT2D eigenvalue weighted by molar-refractivity contribution is 7.99. The van der Waals surface area contributed by atoms with Crippen LogP contribution in [-0.2, 0) is 0 Å². The summed E-state index contributed by atoms with van der Waals surface area (Å²) in [6.45, 7) is 0. The summed E-state index contributed by atoms with van der Waals surface area (Å²) in [5, 5.41) is 8.49. The minimum absolute atomic E-state index is 0.639. The van der Waals surface area contributed by atoms with Gasteiger partial charge in [-0.1, -0.05) is 169 Å². The predicted molar refractivity (Wildman–Crippen MR) is 252 cm³/mol. The van der Waals surface area contributed by atoms with Crippen molar-refractivity contribution in [3.63, 3.8) is 0 Å². The number of hydrogen-bond acceptors (Lipinski definition) is 4. The molecule has 0 N–H and O–H groups in total. The van der Waals surface area contributed by atoms with Gasteiger partial charge in [-0.2, -0.15) is 0 Å². The third-order valence-electron chi connectivity index (χ3n) is 12.1. The predicted octanol–water partition coefficient (Wildman–Crippen LogP) is 14.4. The van der Waals surface area contributed by atoms with Gasteiger partial charge >= 0.3 is 0 Å². The molecule has 284 valence electrons. The van der Waals surface area contributed by atoms with E-state index in [2.05, 4.69) is 191 Å². The van der Waals surface area contributed by atoms with Crippen LogP contribution in [0.1, 0.15) is 0 Å². The van der Waals surface area contributed by atoms with Gasteiger partial charge < -0.3 is 0 Å². The normalized spacial score (nSPS) is 12.2. The summed E-state index contributed by atoms with van der Waals surface area (Å²) >= 11 is 1.85. The van der Waals surface area contributed by atoms with Crippen molar-refractivity contribution in [2.24, 2.45) is 0 Å². The van der Waals surface area contributed by atoms with Crippen molar-refractivity contribution in [2.45, 2.75) is 9.79 Å². The van der Waals surface area contributed by atoms with Crippen LogP contribution in [0.3, 0.4) is 0 Å². The zero-order valence-electron chi connectivity index (χ0n) is 32.7. The molecule has 13 rings (SSSR count). The Balaban J connectivity index is 0.935. The van der Waals surface area contributed by atoms with E-state index in [1.165, 1.54) is 59.1 Å². The van der Waals surface area contributed by atoms with E-state index in [9.17, 15) is 0 Å². The average molecular weight is 796 g/mol. The molecule has 1 aliphatic heterocycles. The number of nitrogens with zero attached hydrogens (tertiary/aromatic N) is 5. The molecule has 61 heavy (non-hydrogen) atoms. The van der Waals surface area contributed by atoms with Gasteiger partial charge in [-0.05, 0) is 75.1 Å². The molecule has 3 aromatic heterocycles. The van der Waals surface area contributed by atoms with E-state index in [1.807, 2.05) is 30.0 Å². The average Bonchev–Trinajstić information content (AvgIpc) is 3.85. The highest BCUT2D eigenvalue weighted by atomic mass is 32.2. The second-order valence-corrected chi connectivity index (χ2v) is 16.7. The first-order valence-corrected chi connectivity index (χ1v) is 21.3. The van der Waals surface area contributed by atoms with Crippen LogP contribution in [0.2, 0.25) is 0 Å². The Morgan fingerprint density at radius 1 is 0.377 bits per heavy atom. The fourth-order valence-electron chi connectivity index (χ4n) is 9.39. The molecule has 0 atom stereocenters. The van der Waals surface area contributed by atoms with Gasteiger partial charge in [-0.25, -0.2) is 15.0 Å². The summed E-state index contributed by atoms with van der Waals surface area (Å²) in [7, 11) is 0. The zero-order valence-corrected chi connectivity index (χ0v) is 33.5. The van der Waals surface area contributed by atoms with Crippen molar-refractivity contribution in [3.8, 4) is 56.7 Å². The lowest BCUT2D eigenvalue weighted by molar-refractivity contribution is 1.03. The molecule has 0 saturated carbocycles. The van der Waals surface area contributed by atoms with Gasteiger partial charge in [-0.15, -0.1) is 0 Å². The molecule has 0 radical (unpaired) electrons. The fourth-order valence-corrected chi connectivity index (χ4v) is 10.5. The van der Waals surface area contributed by atoms with Crippen molar-refractivity contribution >= 4 is 66.1 Å². The largest absolute Gasteiger partial charge is 0.295 e. The van der Waals surface area contributed by atoms with Gasteiger partial charge in [0.05, 0.1) is 16.7 Å². The van der Waals surface area contributed by atoms with Crippen LogP contribution in [0.25, 0.3) is 111 Å². The quantitative estimate of drug-likeness (QED) is 0.163. The lowest BCUT2D eigenvalue weighted by Crippen LogP contribution is -2.05. The summed E-state index contributed by atoms with van der Waals surface area (Å²) in [4.78, 5) is 17.9. The molecule has 12 aromatic rings. The Morgan fingerprint density at radius 3 is 1.79 bits per heavy atom. The lowest BCUT2D eigenvalue weighted by atomic mass is 9.97. The molecule has 0 spiro atoms. The minimum Gasteiger partial charge on any atom is -0.295 e. The van der Waals surface area contributed by atoms with Crippen molar-refractivity contribution < 1.29 is 0 Å². The van der Waals surface area contributed by atoms with Gasteiger partial charge in [0.25, 0.3) is 0 Å². The van der Waals surface area contributed by atoms with E-state index in [-0.39, 0.29) is 0 Å². The van der Waals surface area contributed by atoms with Crippen molar-refractivity contribution in [2.75, 3.05) is 0 Å². The first kappa shape index (κ1) is 34.1. The van der Waals surface area contributed by atoms with E-state index in [1.54, 1.807) is 0 Å². The molecule has 0 amide bonds. The second kappa shape index (κ2) is 13.4. The maximum Gasteiger partial charge on any atom is 0.164 e. The first-order chi connectivity index (χ1) is 30.2. The third kappa shape index (κ3) is 5.26. The Hall–Kier alpha value is -7.80. The van der Waals surface area contributed by atoms with Crippen LogP contribution in [-0.4, -0.2) is 24.1 Å². The molecule has 0 aliphatic carbocycles. The zero-order chi connectivity index (χ0) is 40.0. The van der Waals surface area contributed by atoms with Crippen molar-refractivity contribution in [3.05, 3.63) is 200 Å². The molecule has 0 unspecified atom stereocenters. The summed E-state index contributed by atoms with van der Waals surface area (Å²) < 4.78 is 4.92. The third-order valence-corrected chi connectivity index (χ3v) is 13.2. The van der Waals surface area contributed by atoms with Crippen LogP contribution in [0, 0.1) is 0 Å². The first-order valence-electron chi connectivity index (χ1n) is 20.5. The number of para-hydroxylation sites is 3. The van der Waals surface area contributed by atoms with E-state index < -0.39 is 0 Å². The van der Waals surface area contributed by atoms with Gasteiger partial charge in [0.1, 0.15) is 5.65 Å². The lowest BCUT2D eigenvalue weighted by Gasteiger charge is -2.22. The van der Waals surface area contributed by atoms with Crippen LogP contribution < -0.4 is 0 Å². The van der Waals surface area contributed by atoms with Crippen molar-refractivity contribution in [1.82, 2.24) is 24.1 Å². The van der Waals surface area contributed by atoms with Crippen molar-refractivity contribution in [1.29, 1.82) is 0 Å². The summed E-state index contributed by atoms with van der Waals surface area (Å²) in [5.74, 6) is 1.94. The van der Waals surface area contributed by atoms with E-state index in [0.717, 1.165) is 44.3 Å².